The summed E-state index contributed by atoms with van der Waals surface area (Å²) in [6.07, 6.45) is 16.5. The fourth-order valence-electron chi connectivity index (χ4n) is 5.20. The summed E-state index contributed by atoms with van der Waals surface area (Å²) in [4.78, 5) is 0. The van der Waals surface area contributed by atoms with Crippen molar-refractivity contribution < 1.29 is 9.47 Å². The molecule has 1 aliphatic heterocycles. The molecule has 0 spiro atoms. The summed E-state index contributed by atoms with van der Waals surface area (Å²) in [6.45, 7) is 6.05. The van der Waals surface area contributed by atoms with E-state index < -0.39 is 0 Å². The van der Waals surface area contributed by atoms with Crippen LogP contribution in [0.5, 0.6) is 0 Å². The lowest BCUT2D eigenvalue weighted by molar-refractivity contribution is -0.137. The summed E-state index contributed by atoms with van der Waals surface area (Å²) in [7, 11) is 0. The summed E-state index contributed by atoms with van der Waals surface area (Å²) in [5, 5.41) is 0. The summed E-state index contributed by atoms with van der Waals surface area (Å²) in [5.41, 5.74) is 2.83. The van der Waals surface area contributed by atoms with E-state index in [0.29, 0.717) is 12.7 Å². The minimum absolute atomic E-state index is 0.114. The van der Waals surface area contributed by atoms with Gasteiger partial charge >= 0.3 is 0 Å². The first-order valence-corrected chi connectivity index (χ1v) is 12.1. The van der Waals surface area contributed by atoms with Crippen LogP contribution < -0.4 is 0 Å². The van der Waals surface area contributed by atoms with Crippen molar-refractivity contribution in [3.8, 4) is 0 Å². The van der Waals surface area contributed by atoms with Gasteiger partial charge in [0.15, 0.2) is 0 Å². The summed E-state index contributed by atoms with van der Waals surface area (Å²) in [6, 6.07) is 9.34. The molecule has 1 aliphatic carbocycles. The number of hydrogen-bond donors (Lipinski definition) is 0. The fraction of sp³-hybridized carbons (Fsp3) is 0.769. The zero-order valence-electron chi connectivity index (χ0n) is 18.3. The highest BCUT2D eigenvalue weighted by Gasteiger charge is 2.27. The van der Waals surface area contributed by atoms with E-state index >= 15 is 0 Å². The quantitative estimate of drug-likeness (QED) is 0.386. The Kier molecular flexibility index (Phi) is 9.34. The largest absolute Gasteiger partial charge is 0.373 e. The van der Waals surface area contributed by atoms with Crippen LogP contribution in [-0.2, 0) is 9.47 Å². The number of rotatable bonds is 10. The molecule has 1 heterocycles. The van der Waals surface area contributed by atoms with Gasteiger partial charge in [-0.3, -0.25) is 0 Å². The number of ether oxygens (including phenoxy) is 2. The molecule has 2 fully saturated rings. The highest BCUT2D eigenvalue weighted by molar-refractivity contribution is 5.28. The van der Waals surface area contributed by atoms with Crippen molar-refractivity contribution in [2.45, 2.75) is 109 Å². The van der Waals surface area contributed by atoms with Crippen LogP contribution >= 0.6 is 0 Å². The van der Waals surface area contributed by atoms with E-state index in [0.717, 1.165) is 24.9 Å². The Bertz CT molecular complexity index is 528. The van der Waals surface area contributed by atoms with E-state index in [1.54, 1.807) is 5.56 Å². The molecule has 2 heteroatoms. The third kappa shape index (κ3) is 6.32. The van der Waals surface area contributed by atoms with Crippen LogP contribution in [-0.4, -0.2) is 19.3 Å². The molecule has 4 atom stereocenters. The first-order valence-electron chi connectivity index (χ1n) is 12.1. The first kappa shape index (κ1) is 21.8. The van der Waals surface area contributed by atoms with Crippen molar-refractivity contribution in [2.24, 2.45) is 5.92 Å². The number of hydrogen-bond acceptors (Lipinski definition) is 2. The summed E-state index contributed by atoms with van der Waals surface area (Å²) >= 11 is 0. The van der Waals surface area contributed by atoms with Gasteiger partial charge in [0.1, 0.15) is 6.10 Å². The third-order valence-electron chi connectivity index (χ3n) is 6.90. The van der Waals surface area contributed by atoms with Gasteiger partial charge < -0.3 is 9.47 Å². The molecule has 28 heavy (non-hydrogen) atoms. The zero-order chi connectivity index (χ0) is 19.6. The lowest BCUT2D eigenvalue weighted by atomic mass is 9.73. The predicted octanol–water partition coefficient (Wildman–Crippen LogP) is 7.58. The fourth-order valence-corrected chi connectivity index (χ4v) is 5.20. The Labute approximate surface area is 173 Å². The van der Waals surface area contributed by atoms with E-state index in [-0.39, 0.29) is 6.10 Å². The van der Waals surface area contributed by atoms with Crippen LogP contribution in [0.25, 0.3) is 0 Å². The molecular formula is C26H42O2. The maximum Gasteiger partial charge on any atom is 0.106 e. The van der Waals surface area contributed by atoms with Crippen LogP contribution in [0, 0.1) is 5.92 Å². The maximum absolute atomic E-state index is 6.17. The summed E-state index contributed by atoms with van der Waals surface area (Å²) < 4.78 is 12.3. The molecule has 1 aromatic rings. The van der Waals surface area contributed by atoms with E-state index in [1.807, 2.05) is 0 Å². The monoisotopic (exact) mass is 386 g/mol. The molecule has 158 valence electrons. The van der Waals surface area contributed by atoms with Gasteiger partial charge in [-0.2, -0.15) is 0 Å². The third-order valence-corrected chi connectivity index (χ3v) is 6.90. The van der Waals surface area contributed by atoms with Gasteiger partial charge in [0.2, 0.25) is 0 Å². The van der Waals surface area contributed by atoms with Gasteiger partial charge in [-0.05, 0) is 42.2 Å². The molecule has 0 aromatic heterocycles. The van der Waals surface area contributed by atoms with Crippen LogP contribution in [0.3, 0.4) is 0 Å². The van der Waals surface area contributed by atoms with Crippen LogP contribution in [0.1, 0.15) is 114 Å². The maximum atomic E-state index is 6.17. The Morgan fingerprint density at radius 1 is 0.750 bits per heavy atom. The average molecular weight is 387 g/mol. The van der Waals surface area contributed by atoms with Crippen molar-refractivity contribution in [3.05, 3.63) is 35.4 Å². The van der Waals surface area contributed by atoms with Crippen LogP contribution in [0.2, 0.25) is 0 Å². The van der Waals surface area contributed by atoms with E-state index in [9.17, 15) is 0 Å². The van der Waals surface area contributed by atoms with Crippen molar-refractivity contribution in [1.29, 1.82) is 0 Å². The highest BCUT2D eigenvalue weighted by Crippen LogP contribution is 2.40. The zero-order valence-corrected chi connectivity index (χ0v) is 18.3. The van der Waals surface area contributed by atoms with Gasteiger partial charge in [0, 0.05) is 0 Å². The Morgan fingerprint density at radius 2 is 1.50 bits per heavy atom. The molecule has 1 aromatic carbocycles. The molecule has 1 saturated carbocycles. The second kappa shape index (κ2) is 12.0. The Balaban J connectivity index is 1.45. The van der Waals surface area contributed by atoms with Crippen molar-refractivity contribution >= 4 is 0 Å². The van der Waals surface area contributed by atoms with Crippen LogP contribution in [0.4, 0.5) is 0 Å². The number of unbranched alkanes of at least 4 members (excludes halogenated alkanes) is 4. The highest BCUT2D eigenvalue weighted by atomic mass is 16.6. The molecule has 4 unspecified atom stereocenters. The lowest BCUT2D eigenvalue weighted by Gasteiger charge is -2.33. The van der Waals surface area contributed by atoms with Crippen molar-refractivity contribution in [3.63, 3.8) is 0 Å². The molecule has 2 nitrogen and oxygen atoms in total. The average Bonchev–Trinajstić information content (AvgIpc) is 2.75. The molecule has 0 amide bonds. The molecule has 0 N–H and O–H groups in total. The predicted molar refractivity (Wildman–Crippen MR) is 118 cm³/mol. The second-order valence-corrected chi connectivity index (χ2v) is 9.09. The molecule has 2 aliphatic rings. The molecule has 0 radical (unpaired) electrons. The van der Waals surface area contributed by atoms with Crippen LogP contribution in [0.15, 0.2) is 24.3 Å². The van der Waals surface area contributed by atoms with Gasteiger partial charge in [0.05, 0.1) is 19.3 Å². The Hall–Kier alpha value is -0.860. The second-order valence-electron chi connectivity index (χ2n) is 9.09. The molecule has 1 saturated heterocycles. The topological polar surface area (TPSA) is 18.5 Å². The van der Waals surface area contributed by atoms with Gasteiger partial charge in [-0.1, -0.05) is 95.9 Å². The van der Waals surface area contributed by atoms with Gasteiger partial charge in [-0.15, -0.1) is 0 Å². The van der Waals surface area contributed by atoms with Gasteiger partial charge in [0.25, 0.3) is 0 Å². The molecular weight excluding hydrogens is 344 g/mol. The van der Waals surface area contributed by atoms with E-state index in [2.05, 4.69) is 38.1 Å². The molecule has 0 bridgehead atoms. The SMILES string of the molecule is CCCCCCCC1COC(c2ccc(C3CCCCC3CCC)cc2)CO1. The van der Waals surface area contributed by atoms with Crippen molar-refractivity contribution in [1.82, 2.24) is 0 Å². The van der Waals surface area contributed by atoms with E-state index in [1.165, 1.54) is 76.2 Å². The first-order chi connectivity index (χ1) is 13.8. The van der Waals surface area contributed by atoms with E-state index in [4.69, 9.17) is 9.47 Å². The Morgan fingerprint density at radius 3 is 2.21 bits per heavy atom. The normalized spacial score (nSPS) is 28.4. The summed E-state index contributed by atoms with van der Waals surface area (Å²) in [5.74, 6) is 1.65. The standard InChI is InChI=1S/C26H42O2/c1-3-5-6-7-8-13-24-19-28-26(20-27-24)23-17-15-22(16-18-23)25-14-10-9-12-21(25)11-4-2/h15-18,21,24-26H,3-14,19-20H2,1-2H3. The van der Waals surface area contributed by atoms with Crippen molar-refractivity contribution in [2.75, 3.05) is 13.2 Å². The number of benzene rings is 1. The van der Waals surface area contributed by atoms with Gasteiger partial charge in [-0.25, -0.2) is 0 Å². The minimum Gasteiger partial charge on any atom is -0.373 e. The molecule has 3 rings (SSSR count). The lowest BCUT2D eigenvalue weighted by Crippen LogP contribution is -2.31. The minimum atomic E-state index is 0.114. The smallest absolute Gasteiger partial charge is 0.106 e.